The van der Waals surface area contributed by atoms with Crippen molar-refractivity contribution in [2.75, 3.05) is 67.7 Å². The molecule has 15 heteroatoms. The third-order valence-electron chi connectivity index (χ3n) is 11.3. The number of aromatic nitrogens is 1. The molecule has 0 radical (unpaired) electrons. The molecule has 2 aromatic rings. The Bertz CT molecular complexity index is 1520. The topological polar surface area (TPSA) is 169 Å². The molecule has 0 spiro atoms. The molecule has 1 saturated heterocycles. The zero-order valence-electron chi connectivity index (χ0n) is 38.4. The van der Waals surface area contributed by atoms with E-state index in [0.29, 0.717) is 45.7 Å². The van der Waals surface area contributed by atoms with Gasteiger partial charge in [0.25, 0.3) is 0 Å². The first kappa shape index (κ1) is 52.7. The SMILES string of the molecule is CCC.CCC(C)C(C(CC(=O)N1CCCC1C(OC)C(C)C(=O)NC(Cc1ccccc1)c1nccs1)OC)N(C)C(=O)CNC(=O)C(C(C)C)N(C)CCOCCN. The monoisotopic (exact) mass is 860 g/mol. The van der Waals surface area contributed by atoms with Gasteiger partial charge in [0.05, 0.1) is 68.5 Å². The number of amides is 4. The van der Waals surface area contributed by atoms with Crippen LogP contribution >= 0.6 is 11.3 Å². The Labute approximate surface area is 364 Å². The normalized spacial score (nSPS) is 17.5. The van der Waals surface area contributed by atoms with Crippen molar-refractivity contribution in [2.24, 2.45) is 23.5 Å². The molecule has 1 aromatic heterocycles. The van der Waals surface area contributed by atoms with E-state index in [1.807, 2.05) is 87.2 Å². The molecule has 1 aliphatic heterocycles. The molecule has 8 atom stereocenters. The molecule has 0 saturated carbocycles. The lowest BCUT2D eigenvalue weighted by atomic mass is 9.90. The van der Waals surface area contributed by atoms with E-state index in [4.69, 9.17) is 19.9 Å². The Morgan fingerprint density at radius 3 is 2.25 bits per heavy atom. The predicted molar refractivity (Wildman–Crippen MR) is 239 cm³/mol. The van der Waals surface area contributed by atoms with Gasteiger partial charge >= 0.3 is 0 Å². The summed E-state index contributed by atoms with van der Waals surface area (Å²) in [5, 5.41) is 8.81. The highest BCUT2D eigenvalue weighted by Crippen LogP contribution is 2.30. The number of thiazole rings is 1. The smallest absolute Gasteiger partial charge is 0.242 e. The minimum Gasteiger partial charge on any atom is -0.379 e. The van der Waals surface area contributed by atoms with Gasteiger partial charge in [0.15, 0.2) is 0 Å². The highest BCUT2D eigenvalue weighted by molar-refractivity contribution is 7.09. The first-order valence-electron chi connectivity index (χ1n) is 21.8. The van der Waals surface area contributed by atoms with Gasteiger partial charge in [-0.25, -0.2) is 4.98 Å². The van der Waals surface area contributed by atoms with E-state index in [9.17, 15) is 19.2 Å². The summed E-state index contributed by atoms with van der Waals surface area (Å²) in [7, 11) is 6.73. The van der Waals surface area contributed by atoms with E-state index in [0.717, 1.165) is 23.4 Å². The molecule has 0 aliphatic carbocycles. The van der Waals surface area contributed by atoms with Crippen molar-refractivity contribution in [2.45, 2.75) is 123 Å². The molecular weight excluding hydrogens is 783 g/mol. The molecule has 8 unspecified atom stereocenters. The number of hydrogen-bond acceptors (Lipinski definition) is 11. The summed E-state index contributed by atoms with van der Waals surface area (Å²) >= 11 is 1.50. The number of carbonyl (C=O) groups excluding carboxylic acids is 4. The Hall–Kier alpha value is -3.47. The highest BCUT2D eigenvalue weighted by Gasteiger charge is 2.42. The van der Waals surface area contributed by atoms with Crippen LogP contribution in [0.2, 0.25) is 0 Å². The molecular formula is C45H77N7O7S. The van der Waals surface area contributed by atoms with Gasteiger partial charge in [0.1, 0.15) is 5.01 Å². The van der Waals surface area contributed by atoms with Crippen molar-refractivity contribution < 1.29 is 33.4 Å². The fourth-order valence-corrected chi connectivity index (χ4v) is 8.71. The first-order chi connectivity index (χ1) is 28.7. The number of ether oxygens (including phenoxy) is 3. The summed E-state index contributed by atoms with van der Waals surface area (Å²) in [6.07, 6.45) is 4.68. The van der Waals surface area contributed by atoms with Gasteiger partial charge in [-0.05, 0) is 43.7 Å². The van der Waals surface area contributed by atoms with Crippen LogP contribution in [-0.2, 0) is 39.8 Å². The Morgan fingerprint density at radius 2 is 1.68 bits per heavy atom. The maximum atomic E-state index is 14.2. The minimum atomic E-state index is -0.611. The highest BCUT2D eigenvalue weighted by atomic mass is 32.1. The second-order valence-corrected chi connectivity index (χ2v) is 17.2. The number of nitrogens with one attached hydrogen (secondary N) is 2. The molecule has 0 bridgehead atoms. The molecule has 1 fully saturated rings. The number of hydrogen-bond donors (Lipinski definition) is 3. The van der Waals surface area contributed by atoms with Crippen LogP contribution in [-0.4, -0.2) is 141 Å². The second kappa shape index (κ2) is 28.2. The van der Waals surface area contributed by atoms with Crippen LogP contribution in [0.4, 0.5) is 0 Å². The van der Waals surface area contributed by atoms with Crippen LogP contribution < -0.4 is 16.4 Å². The van der Waals surface area contributed by atoms with E-state index >= 15 is 0 Å². The van der Waals surface area contributed by atoms with Crippen molar-refractivity contribution in [1.29, 1.82) is 0 Å². The van der Waals surface area contributed by atoms with Crippen LogP contribution in [0.1, 0.15) is 97.2 Å². The molecule has 4 amide bonds. The van der Waals surface area contributed by atoms with Crippen LogP contribution in [0.15, 0.2) is 41.9 Å². The third-order valence-corrected chi connectivity index (χ3v) is 12.2. The Kier molecular flexibility index (Phi) is 24.7. The zero-order chi connectivity index (χ0) is 44.8. The maximum Gasteiger partial charge on any atom is 0.242 e. The lowest BCUT2D eigenvalue weighted by Gasteiger charge is -2.39. The number of nitrogens with two attached hydrogens (primary N) is 1. The summed E-state index contributed by atoms with van der Waals surface area (Å²) in [6.45, 7) is 16.3. The lowest BCUT2D eigenvalue weighted by Crippen LogP contribution is -2.55. The molecule has 2 heterocycles. The van der Waals surface area contributed by atoms with E-state index < -0.39 is 30.2 Å². The summed E-state index contributed by atoms with van der Waals surface area (Å²) < 4.78 is 17.5. The molecule has 60 heavy (non-hydrogen) atoms. The molecule has 4 N–H and O–H groups in total. The first-order valence-corrected chi connectivity index (χ1v) is 22.7. The van der Waals surface area contributed by atoms with Crippen LogP contribution in [0.5, 0.6) is 0 Å². The average molecular weight is 860 g/mol. The zero-order valence-corrected chi connectivity index (χ0v) is 39.2. The van der Waals surface area contributed by atoms with Gasteiger partial charge in [0, 0.05) is 52.5 Å². The van der Waals surface area contributed by atoms with Crippen molar-refractivity contribution in [1.82, 2.24) is 30.3 Å². The van der Waals surface area contributed by atoms with Crippen molar-refractivity contribution >= 4 is 35.0 Å². The van der Waals surface area contributed by atoms with Gasteiger partial charge in [-0.1, -0.05) is 91.6 Å². The standard InChI is InChI=1S/C42H69N7O7S.C3H8/c1-10-29(4)38(48(7)36(51)27-45-41(53)37(28(2)3)47(6)21-23-56-22-18-43)34(54-8)26-35(50)49-20-14-17-33(49)39(55-9)30(5)40(52)46-32(42-44-19-24-57-42)25-31-15-12-11-13-16-31;1-3-2/h11-13,15-16,19,24,28-30,32-34,37-39H,10,14,17-18,20-23,25-27,43H2,1-9H3,(H,45,53)(H,46,52);3H2,1-2H3. The van der Waals surface area contributed by atoms with E-state index in [2.05, 4.69) is 29.5 Å². The summed E-state index contributed by atoms with van der Waals surface area (Å²) in [4.78, 5) is 65.0. The fraction of sp³-hybridized carbons (Fsp3) is 0.711. The Morgan fingerprint density at radius 1 is 1.00 bits per heavy atom. The number of nitrogens with zero attached hydrogens (tertiary/aromatic N) is 4. The molecule has 1 aromatic carbocycles. The van der Waals surface area contributed by atoms with Gasteiger partial charge in [-0.2, -0.15) is 0 Å². The van der Waals surface area contributed by atoms with E-state index in [1.54, 1.807) is 32.4 Å². The lowest BCUT2D eigenvalue weighted by molar-refractivity contribution is -0.146. The number of likely N-dealkylation sites (N-methyl/N-ethyl adjacent to an activating group) is 2. The summed E-state index contributed by atoms with van der Waals surface area (Å²) in [5.41, 5.74) is 6.61. The van der Waals surface area contributed by atoms with E-state index in [1.165, 1.54) is 17.8 Å². The quantitative estimate of drug-likeness (QED) is 0.117. The van der Waals surface area contributed by atoms with Gasteiger partial charge in [-0.15, -0.1) is 11.3 Å². The average Bonchev–Trinajstić information content (AvgIpc) is 3.95. The van der Waals surface area contributed by atoms with Crippen LogP contribution in [0, 0.1) is 17.8 Å². The minimum absolute atomic E-state index is 0.00124. The number of methoxy groups -OCH3 is 2. The van der Waals surface area contributed by atoms with Crippen molar-refractivity contribution in [3.63, 3.8) is 0 Å². The maximum absolute atomic E-state index is 14.2. The van der Waals surface area contributed by atoms with Gasteiger partial charge in [0.2, 0.25) is 23.6 Å². The third kappa shape index (κ3) is 16.1. The second-order valence-electron chi connectivity index (χ2n) is 16.3. The molecule has 340 valence electrons. The van der Waals surface area contributed by atoms with Gasteiger partial charge in [-0.3, -0.25) is 24.1 Å². The largest absolute Gasteiger partial charge is 0.379 e. The number of rotatable bonds is 25. The number of benzene rings is 1. The van der Waals surface area contributed by atoms with Gasteiger partial charge < -0.3 is 40.4 Å². The van der Waals surface area contributed by atoms with Crippen LogP contribution in [0.25, 0.3) is 0 Å². The molecule has 1 aliphatic rings. The summed E-state index contributed by atoms with van der Waals surface area (Å²) in [6, 6.07) is 8.48. The van der Waals surface area contributed by atoms with Crippen molar-refractivity contribution in [3.8, 4) is 0 Å². The van der Waals surface area contributed by atoms with Crippen LogP contribution in [0.3, 0.4) is 0 Å². The van der Waals surface area contributed by atoms with Crippen molar-refractivity contribution in [3.05, 3.63) is 52.5 Å². The predicted octanol–water partition coefficient (Wildman–Crippen LogP) is 4.93. The number of carbonyl (C=O) groups is 4. The summed E-state index contributed by atoms with van der Waals surface area (Å²) in [5.74, 6) is -1.38. The Balaban J connectivity index is 0.00000401. The van der Waals surface area contributed by atoms with E-state index in [-0.39, 0.29) is 60.5 Å². The number of likely N-dealkylation sites (tertiary alicyclic amines) is 1. The molecule has 3 rings (SSSR count). The fourth-order valence-electron chi connectivity index (χ4n) is 8.02. The molecule has 14 nitrogen and oxygen atoms in total.